The van der Waals surface area contributed by atoms with E-state index >= 15 is 0 Å². The van der Waals surface area contributed by atoms with Gasteiger partial charge in [0.15, 0.2) is 0 Å². The number of amides is 2. The largest absolute Gasteiger partial charge is 0.481 e. The van der Waals surface area contributed by atoms with Gasteiger partial charge in [-0.15, -0.1) is 0 Å². The van der Waals surface area contributed by atoms with Crippen molar-refractivity contribution in [1.29, 1.82) is 0 Å². The van der Waals surface area contributed by atoms with Crippen molar-refractivity contribution in [1.82, 2.24) is 10.6 Å². The van der Waals surface area contributed by atoms with Gasteiger partial charge in [0.1, 0.15) is 0 Å². The van der Waals surface area contributed by atoms with Crippen LogP contribution in [-0.2, 0) is 9.53 Å². The highest BCUT2D eigenvalue weighted by Crippen LogP contribution is 2.19. The summed E-state index contributed by atoms with van der Waals surface area (Å²) in [5.41, 5.74) is -0.535. The molecule has 6 nitrogen and oxygen atoms in total. The first-order valence-electron chi connectivity index (χ1n) is 7.78. The lowest BCUT2D eigenvalue weighted by Crippen LogP contribution is -2.49. The number of hydrogen-bond donors (Lipinski definition) is 3. The van der Waals surface area contributed by atoms with E-state index in [1.165, 1.54) is 19.3 Å². The molecule has 0 heterocycles. The summed E-state index contributed by atoms with van der Waals surface area (Å²) in [6.07, 6.45) is 6.78. The Bertz CT molecular complexity index is 339. The van der Waals surface area contributed by atoms with Gasteiger partial charge in [0.2, 0.25) is 0 Å². The van der Waals surface area contributed by atoms with Crippen LogP contribution in [0.2, 0.25) is 0 Å². The number of carbonyl (C=O) groups is 2. The Labute approximate surface area is 126 Å². The number of carboxylic acid groups (broad SMARTS) is 1. The van der Waals surface area contributed by atoms with Gasteiger partial charge in [-0.3, -0.25) is 4.79 Å². The van der Waals surface area contributed by atoms with Crippen LogP contribution in [0.4, 0.5) is 4.79 Å². The Morgan fingerprint density at radius 2 is 1.90 bits per heavy atom. The molecule has 1 fully saturated rings. The molecule has 0 aliphatic heterocycles. The molecule has 3 N–H and O–H groups in total. The molecule has 1 saturated carbocycles. The Morgan fingerprint density at radius 3 is 2.52 bits per heavy atom. The number of carboxylic acids is 1. The van der Waals surface area contributed by atoms with Crippen LogP contribution >= 0.6 is 0 Å². The summed E-state index contributed by atoms with van der Waals surface area (Å²) in [5.74, 6) is -0.855. The Hall–Kier alpha value is -1.30. The third kappa shape index (κ3) is 8.55. The maximum absolute atomic E-state index is 11.7. The standard InChI is InChI=1S/C15H28N2O4/c1-15(2,9-8-13(18)19)17-14(20)16-10-11-21-12-6-4-3-5-7-12/h12H,3-11H2,1-2H3,(H,18,19)(H2,16,17,20). The van der Waals surface area contributed by atoms with Gasteiger partial charge in [-0.1, -0.05) is 19.3 Å². The minimum absolute atomic E-state index is 0.0398. The fourth-order valence-corrected chi connectivity index (χ4v) is 2.46. The topological polar surface area (TPSA) is 87.7 Å². The molecule has 0 aromatic carbocycles. The molecule has 0 bridgehead atoms. The van der Waals surface area contributed by atoms with Gasteiger partial charge in [-0.25, -0.2) is 4.79 Å². The van der Waals surface area contributed by atoms with Crippen molar-refractivity contribution in [3.63, 3.8) is 0 Å². The van der Waals surface area contributed by atoms with E-state index in [2.05, 4.69) is 10.6 Å². The Balaban J connectivity index is 2.10. The van der Waals surface area contributed by atoms with Crippen molar-refractivity contribution in [3.8, 4) is 0 Å². The van der Waals surface area contributed by atoms with Crippen molar-refractivity contribution in [2.45, 2.75) is 70.4 Å². The molecular formula is C15H28N2O4. The van der Waals surface area contributed by atoms with Gasteiger partial charge in [0.05, 0.1) is 12.7 Å². The first kappa shape index (κ1) is 17.8. The first-order chi connectivity index (χ1) is 9.89. The molecule has 0 atom stereocenters. The van der Waals surface area contributed by atoms with Gasteiger partial charge < -0.3 is 20.5 Å². The lowest BCUT2D eigenvalue weighted by molar-refractivity contribution is -0.137. The van der Waals surface area contributed by atoms with Crippen LogP contribution in [0.1, 0.15) is 58.8 Å². The predicted octanol–water partition coefficient (Wildman–Crippen LogP) is 2.28. The second kappa shape index (κ2) is 8.87. The summed E-state index contributed by atoms with van der Waals surface area (Å²) in [4.78, 5) is 22.3. The van der Waals surface area contributed by atoms with E-state index in [1.54, 1.807) is 0 Å². The minimum Gasteiger partial charge on any atom is -0.481 e. The monoisotopic (exact) mass is 300 g/mol. The van der Waals surface area contributed by atoms with E-state index in [-0.39, 0.29) is 12.5 Å². The molecule has 0 saturated heterocycles. The number of ether oxygens (including phenoxy) is 1. The normalized spacial score (nSPS) is 16.5. The maximum atomic E-state index is 11.7. The zero-order chi connectivity index (χ0) is 15.7. The highest BCUT2D eigenvalue weighted by atomic mass is 16.5. The molecule has 2 amide bonds. The van der Waals surface area contributed by atoms with Crippen molar-refractivity contribution in [3.05, 3.63) is 0 Å². The average molecular weight is 300 g/mol. The smallest absolute Gasteiger partial charge is 0.315 e. The van der Waals surface area contributed by atoms with Gasteiger partial charge in [-0.2, -0.15) is 0 Å². The number of urea groups is 1. The third-order valence-corrected chi connectivity index (χ3v) is 3.71. The highest BCUT2D eigenvalue weighted by Gasteiger charge is 2.21. The van der Waals surface area contributed by atoms with Crippen molar-refractivity contribution >= 4 is 12.0 Å². The molecule has 0 unspecified atom stereocenters. The number of carbonyl (C=O) groups excluding carboxylic acids is 1. The lowest BCUT2D eigenvalue weighted by Gasteiger charge is -2.26. The summed E-state index contributed by atoms with van der Waals surface area (Å²) in [7, 11) is 0. The molecule has 0 spiro atoms. The summed E-state index contributed by atoms with van der Waals surface area (Å²) in [6.45, 7) is 4.62. The van der Waals surface area contributed by atoms with E-state index in [9.17, 15) is 9.59 Å². The van der Waals surface area contributed by atoms with Crippen LogP contribution in [0.5, 0.6) is 0 Å². The Morgan fingerprint density at radius 1 is 1.24 bits per heavy atom. The number of hydrogen-bond acceptors (Lipinski definition) is 3. The van der Waals surface area contributed by atoms with Crippen molar-refractivity contribution in [2.75, 3.05) is 13.2 Å². The zero-order valence-corrected chi connectivity index (χ0v) is 13.1. The summed E-state index contributed by atoms with van der Waals surface area (Å²) >= 11 is 0. The Kier molecular flexibility index (Phi) is 7.50. The van der Waals surface area contributed by atoms with Crippen LogP contribution in [0.15, 0.2) is 0 Å². The van der Waals surface area contributed by atoms with Crippen LogP contribution in [0.25, 0.3) is 0 Å². The fourth-order valence-electron chi connectivity index (χ4n) is 2.46. The van der Waals surface area contributed by atoms with E-state index in [1.807, 2.05) is 13.8 Å². The summed E-state index contributed by atoms with van der Waals surface area (Å²) in [6, 6.07) is -0.280. The van der Waals surface area contributed by atoms with Gasteiger partial charge in [0, 0.05) is 18.5 Å². The van der Waals surface area contributed by atoms with E-state index < -0.39 is 11.5 Å². The fraction of sp³-hybridized carbons (Fsp3) is 0.867. The SMILES string of the molecule is CC(C)(CCC(=O)O)NC(=O)NCCOC1CCCCC1. The highest BCUT2D eigenvalue weighted by molar-refractivity contribution is 5.74. The molecular weight excluding hydrogens is 272 g/mol. The predicted molar refractivity (Wildman–Crippen MR) is 80.3 cm³/mol. The molecule has 0 aromatic rings. The maximum Gasteiger partial charge on any atom is 0.315 e. The molecule has 21 heavy (non-hydrogen) atoms. The van der Waals surface area contributed by atoms with E-state index in [0.717, 1.165) is 12.8 Å². The summed E-state index contributed by atoms with van der Waals surface area (Å²) < 4.78 is 5.72. The third-order valence-electron chi connectivity index (χ3n) is 3.71. The quantitative estimate of drug-likeness (QED) is 0.600. The lowest BCUT2D eigenvalue weighted by atomic mass is 9.98. The molecule has 1 rings (SSSR count). The number of nitrogens with one attached hydrogen (secondary N) is 2. The van der Waals surface area contributed by atoms with E-state index in [4.69, 9.17) is 9.84 Å². The van der Waals surface area contributed by atoms with Crippen LogP contribution in [-0.4, -0.2) is 41.9 Å². The zero-order valence-electron chi connectivity index (χ0n) is 13.1. The van der Waals surface area contributed by atoms with Gasteiger partial charge >= 0.3 is 12.0 Å². The van der Waals surface area contributed by atoms with Crippen molar-refractivity contribution < 1.29 is 19.4 Å². The minimum atomic E-state index is -0.855. The number of rotatable bonds is 8. The van der Waals surface area contributed by atoms with E-state index in [0.29, 0.717) is 25.7 Å². The van der Waals surface area contributed by atoms with Crippen LogP contribution in [0, 0.1) is 0 Å². The van der Waals surface area contributed by atoms with Crippen LogP contribution < -0.4 is 10.6 Å². The second-order valence-electron chi connectivity index (χ2n) is 6.29. The molecule has 0 aromatic heterocycles. The van der Waals surface area contributed by atoms with Gasteiger partial charge in [0.25, 0.3) is 0 Å². The molecule has 1 aliphatic carbocycles. The van der Waals surface area contributed by atoms with Crippen molar-refractivity contribution in [2.24, 2.45) is 0 Å². The molecule has 1 aliphatic rings. The molecule has 122 valence electrons. The summed E-state index contributed by atoms with van der Waals surface area (Å²) in [5, 5.41) is 14.2. The molecule has 0 radical (unpaired) electrons. The number of aliphatic carboxylic acids is 1. The first-order valence-corrected chi connectivity index (χ1v) is 7.78. The second-order valence-corrected chi connectivity index (χ2v) is 6.29. The van der Waals surface area contributed by atoms with Crippen LogP contribution in [0.3, 0.4) is 0 Å². The molecule has 6 heteroatoms. The average Bonchev–Trinajstić information content (AvgIpc) is 2.42. The van der Waals surface area contributed by atoms with Gasteiger partial charge in [-0.05, 0) is 33.1 Å².